The van der Waals surface area contributed by atoms with Crippen molar-refractivity contribution in [2.45, 2.75) is 93.9 Å². The van der Waals surface area contributed by atoms with Gasteiger partial charge in [0.25, 0.3) is 0 Å². The summed E-state index contributed by atoms with van der Waals surface area (Å²) in [6.07, 6.45) is 13.8. The Labute approximate surface area is 400 Å². The predicted octanol–water partition coefficient (Wildman–Crippen LogP) is 5.12. The van der Waals surface area contributed by atoms with Crippen molar-refractivity contribution in [2.75, 3.05) is 44.3 Å². The number of carbonyl (C=O) groups is 3. The topological polar surface area (TPSA) is 198 Å². The fraction of sp³-hybridized carbons (Fsp3) is 0.431. The number of aromatic hydroxyl groups is 1. The number of nitrogens with one attached hydrogen (secondary N) is 3. The van der Waals surface area contributed by atoms with Gasteiger partial charge in [-0.1, -0.05) is 18.1 Å². The number of rotatable bonds is 12. The summed E-state index contributed by atoms with van der Waals surface area (Å²) in [6.45, 7) is 2.91. The number of phenols is 1. The zero-order valence-electron chi connectivity index (χ0n) is 38.6. The summed E-state index contributed by atoms with van der Waals surface area (Å²) in [4.78, 5) is 69.1. The highest BCUT2D eigenvalue weighted by molar-refractivity contribution is 6.03. The van der Waals surface area contributed by atoms with Gasteiger partial charge in [0.2, 0.25) is 11.8 Å². The van der Waals surface area contributed by atoms with E-state index >= 15 is 8.78 Å². The number of fused-ring (bicyclic) bond motifs is 6. The van der Waals surface area contributed by atoms with Gasteiger partial charge in [-0.15, -0.1) is 6.42 Å². The molecule has 3 amide bonds. The molecule has 0 saturated carbocycles. The molecule has 0 spiro atoms. The molecule has 5 aliphatic rings. The predicted molar refractivity (Wildman–Crippen MR) is 255 cm³/mol. The van der Waals surface area contributed by atoms with Gasteiger partial charge in [0, 0.05) is 68.4 Å². The standard InChI is InChI=1S/C51H52F2N10O7/c1-3-34-37(52)11-8-29-21-33(64)22-35(42(29)34)44-43(53)45-36(23-55-44)46(61-24-30-9-10-31(25-61)56-30)59-48(58-45)70-27-51-16-5-19-62(51)32(15-17-51)26-69-49(67)54-18-4-6-28-7-12-38-40(20-28)60(2)50(68)63(38)39-13-14-41(65)57-47(39)66/h1,7-8,11-12,20-23,30-32,39,56,64H,4-6,9-10,13-19,24-27H2,2H3,(H,54,67)(H,57,65,66)/t30?,31?,32-,39?,51-/m0/s1. The molecule has 70 heavy (non-hydrogen) atoms. The first kappa shape index (κ1) is 45.3. The number of aromatic nitrogens is 5. The second-order valence-electron chi connectivity index (χ2n) is 19.3. The van der Waals surface area contributed by atoms with Crippen LogP contribution in [0.3, 0.4) is 0 Å². The van der Waals surface area contributed by atoms with Gasteiger partial charge in [-0.2, -0.15) is 9.97 Å². The van der Waals surface area contributed by atoms with Gasteiger partial charge in [0.05, 0.1) is 27.5 Å². The van der Waals surface area contributed by atoms with E-state index < -0.39 is 29.7 Å². The van der Waals surface area contributed by atoms with Crippen LogP contribution in [0.1, 0.15) is 75.0 Å². The normalized spacial score (nSPS) is 23.3. The number of nitrogens with zero attached hydrogens (tertiary/aromatic N) is 7. The average Bonchev–Trinajstić information content (AvgIpc) is 4.09. The van der Waals surface area contributed by atoms with Gasteiger partial charge in [0.15, 0.2) is 5.82 Å². The van der Waals surface area contributed by atoms with E-state index in [1.54, 1.807) is 7.05 Å². The number of hydrogen-bond acceptors (Lipinski definition) is 13. The van der Waals surface area contributed by atoms with Crippen LogP contribution in [0.25, 0.3) is 44.0 Å². The molecule has 19 heteroatoms. The fourth-order valence-electron chi connectivity index (χ4n) is 11.7. The van der Waals surface area contributed by atoms with Gasteiger partial charge >= 0.3 is 17.8 Å². The number of ether oxygens (including phenoxy) is 2. The largest absolute Gasteiger partial charge is 0.508 e. The third kappa shape index (κ3) is 8.01. The van der Waals surface area contributed by atoms with Gasteiger partial charge in [-0.25, -0.2) is 18.4 Å². The average molecular weight is 955 g/mol. The summed E-state index contributed by atoms with van der Waals surface area (Å²) in [5.74, 6) is 0.473. The molecule has 4 N–H and O–H groups in total. The molecule has 11 rings (SSSR count). The lowest BCUT2D eigenvalue weighted by Gasteiger charge is -2.35. The van der Waals surface area contributed by atoms with Crippen molar-refractivity contribution in [1.82, 2.24) is 44.9 Å². The van der Waals surface area contributed by atoms with E-state index in [0.29, 0.717) is 60.1 Å². The minimum absolute atomic E-state index is 0.00968. The maximum Gasteiger partial charge on any atom is 0.407 e. The molecule has 5 fully saturated rings. The van der Waals surface area contributed by atoms with Gasteiger partial charge in [-0.3, -0.25) is 33.9 Å². The Balaban J connectivity index is 0.760. The minimum atomic E-state index is -0.783. The van der Waals surface area contributed by atoms with E-state index in [0.717, 1.165) is 50.6 Å². The third-order valence-corrected chi connectivity index (χ3v) is 15.1. The number of anilines is 1. The Bertz CT molecular complexity index is 3230. The van der Waals surface area contributed by atoms with Crippen LogP contribution in [0.2, 0.25) is 0 Å². The number of benzene rings is 3. The summed E-state index contributed by atoms with van der Waals surface area (Å²) in [5, 5.41) is 20.6. The fourth-order valence-corrected chi connectivity index (χ4v) is 11.7. The van der Waals surface area contributed by atoms with Gasteiger partial charge in [0.1, 0.15) is 47.9 Å². The Kier molecular flexibility index (Phi) is 11.6. The quantitative estimate of drug-likeness (QED) is 0.0718. The Morgan fingerprint density at radius 2 is 1.86 bits per heavy atom. The smallest absolute Gasteiger partial charge is 0.407 e. The van der Waals surface area contributed by atoms with Crippen molar-refractivity contribution in [3.8, 4) is 35.4 Å². The number of phenolic OH excluding ortho intramolecular Hbond substituents is 1. The van der Waals surface area contributed by atoms with Crippen LogP contribution in [-0.2, 0) is 27.8 Å². The number of halogens is 2. The Morgan fingerprint density at radius 1 is 1.03 bits per heavy atom. The molecular formula is C51H52F2N10O7. The molecule has 5 aliphatic heterocycles. The van der Waals surface area contributed by atoms with Crippen LogP contribution < -0.4 is 31.3 Å². The summed E-state index contributed by atoms with van der Waals surface area (Å²) in [7, 11) is 1.66. The molecule has 0 aliphatic carbocycles. The summed E-state index contributed by atoms with van der Waals surface area (Å²) in [6, 6.07) is 10.8. The first-order valence-electron chi connectivity index (χ1n) is 24.0. The molecule has 6 aromatic rings. The summed E-state index contributed by atoms with van der Waals surface area (Å²) in [5.41, 5.74) is 1.44. The second-order valence-corrected chi connectivity index (χ2v) is 19.3. The molecule has 3 aromatic heterocycles. The number of aryl methyl sites for hydroxylation is 2. The van der Waals surface area contributed by atoms with E-state index in [1.165, 1.54) is 39.6 Å². The number of hydrogen-bond donors (Lipinski definition) is 4. The third-order valence-electron chi connectivity index (χ3n) is 15.1. The number of imidazole rings is 1. The van der Waals surface area contributed by atoms with Crippen LogP contribution in [0.4, 0.5) is 19.4 Å². The number of terminal acetylenes is 1. The first-order valence-corrected chi connectivity index (χ1v) is 24.0. The molecule has 3 unspecified atom stereocenters. The minimum Gasteiger partial charge on any atom is -0.508 e. The number of pyridine rings is 1. The lowest BCUT2D eigenvalue weighted by atomic mass is 9.95. The van der Waals surface area contributed by atoms with Gasteiger partial charge < -0.3 is 30.1 Å². The molecule has 0 radical (unpaired) electrons. The number of piperazine rings is 1. The monoisotopic (exact) mass is 954 g/mol. The molecular weight excluding hydrogens is 903 g/mol. The van der Waals surface area contributed by atoms with Crippen LogP contribution in [0.15, 0.2) is 53.5 Å². The van der Waals surface area contributed by atoms with Crippen LogP contribution in [0, 0.1) is 24.0 Å². The van der Waals surface area contributed by atoms with E-state index in [4.69, 9.17) is 20.9 Å². The number of amides is 3. The highest BCUT2D eigenvalue weighted by atomic mass is 19.1. The molecule has 5 saturated heterocycles. The second kappa shape index (κ2) is 18.0. The zero-order chi connectivity index (χ0) is 48.4. The van der Waals surface area contributed by atoms with E-state index in [-0.39, 0.29) is 101 Å². The maximum atomic E-state index is 17.2. The molecule has 17 nitrogen and oxygen atoms in total. The van der Waals surface area contributed by atoms with Gasteiger partial charge in [-0.05, 0) is 106 Å². The molecule has 3 aromatic carbocycles. The SMILES string of the molecule is C#Cc1c(F)ccc2cc(O)cc(-c3ncc4c(N5CC6CCC(C5)N6)nc(OC[C@@]56CCCN5[C@H](COC(=O)NCCCc5ccc7c(c5)n(C)c(=O)n7C5CCC(=O)NC5=O)CC6)nc4c3F)c12. The number of alkyl carbamates (subject to hydrolysis) is 1. The van der Waals surface area contributed by atoms with Crippen LogP contribution in [0.5, 0.6) is 11.8 Å². The van der Waals surface area contributed by atoms with E-state index in [2.05, 4.69) is 41.6 Å². The highest BCUT2D eigenvalue weighted by Crippen LogP contribution is 2.44. The molecule has 2 bridgehead atoms. The number of piperidine rings is 1. The van der Waals surface area contributed by atoms with E-state index in [1.807, 2.05) is 18.2 Å². The summed E-state index contributed by atoms with van der Waals surface area (Å²) >= 11 is 0. The van der Waals surface area contributed by atoms with Crippen molar-refractivity contribution in [1.29, 1.82) is 0 Å². The van der Waals surface area contributed by atoms with Crippen molar-refractivity contribution in [2.24, 2.45) is 7.05 Å². The van der Waals surface area contributed by atoms with Crippen molar-refractivity contribution >= 4 is 56.4 Å². The maximum absolute atomic E-state index is 17.2. The van der Waals surface area contributed by atoms with E-state index in [9.17, 15) is 24.3 Å². The lowest BCUT2D eigenvalue weighted by molar-refractivity contribution is -0.135. The number of imide groups is 1. The van der Waals surface area contributed by atoms with Crippen LogP contribution >= 0.6 is 0 Å². The van der Waals surface area contributed by atoms with Crippen molar-refractivity contribution in [3.05, 3.63) is 81.9 Å². The van der Waals surface area contributed by atoms with Crippen LogP contribution in [-0.4, -0.2) is 115 Å². The summed E-state index contributed by atoms with van der Waals surface area (Å²) < 4.78 is 47.5. The first-order chi connectivity index (χ1) is 33.9. The highest BCUT2D eigenvalue weighted by Gasteiger charge is 2.50. The molecule has 5 atom stereocenters. The zero-order valence-corrected chi connectivity index (χ0v) is 38.6. The number of carbonyl (C=O) groups excluding carboxylic acids is 3. The lowest BCUT2D eigenvalue weighted by Crippen LogP contribution is -2.51. The Morgan fingerprint density at radius 3 is 2.66 bits per heavy atom. The Hall–Kier alpha value is -7.17. The van der Waals surface area contributed by atoms with Crippen molar-refractivity contribution < 1.29 is 37.7 Å². The molecule has 362 valence electrons. The molecule has 8 heterocycles. The van der Waals surface area contributed by atoms with Crippen molar-refractivity contribution in [3.63, 3.8) is 0 Å².